The number of fused-ring (bicyclic) bond motifs is 4. The first-order valence-corrected chi connectivity index (χ1v) is 9.62. The Kier molecular flexibility index (Phi) is 3.20. The van der Waals surface area contributed by atoms with Crippen LogP contribution in [0.25, 0.3) is 0 Å². The predicted molar refractivity (Wildman–Crippen MR) is 86.6 cm³/mol. The number of hydrogen-bond donors (Lipinski definition) is 0. The highest BCUT2D eigenvalue weighted by Crippen LogP contribution is 2.51. The van der Waals surface area contributed by atoms with E-state index in [9.17, 15) is 19.2 Å². The fraction of sp³-hybridized carbons (Fsp3) is 0.789. The molecule has 2 saturated heterocycles. The molecule has 2 heterocycles. The van der Waals surface area contributed by atoms with Crippen molar-refractivity contribution in [1.82, 2.24) is 9.80 Å². The zero-order valence-corrected chi connectivity index (χ0v) is 14.5. The minimum atomic E-state index is -0.405. The molecule has 6 heteroatoms. The van der Waals surface area contributed by atoms with Gasteiger partial charge in [0.05, 0.1) is 23.7 Å². The molecule has 5 aliphatic rings. The van der Waals surface area contributed by atoms with Crippen LogP contribution < -0.4 is 0 Å². The lowest BCUT2D eigenvalue weighted by atomic mass is 9.70. The highest BCUT2D eigenvalue weighted by Gasteiger charge is 2.59. The van der Waals surface area contributed by atoms with Gasteiger partial charge in [0.25, 0.3) is 0 Å². The number of nitrogens with zero attached hydrogens (tertiary/aromatic N) is 2. The summed E-state index contributed by atoms with van der Waals surface area (Å²) in [7, 11) is 1.50. The fourth-order valence-corrected chi connectivity index (χ4v) is 6.43. The maximum absolute atomic E-state index is 12.9. The summed E-state index contributed by atoms with van der Waals surface area (Å²) in [5, 5.41) is 0. The van der Waals surface area contributed by atoms with Gasteiger partial charge in [0.15, 0.2) is 0 Å². The Labute approximate surface area is 146 Å². The van der Waals surface area contributed by atoms with E-state index in [4.69, 9.17) is 0 Å². The second kappa shape index (κ2) is 5.15. The zero-order chi connectivity index (χ0) is 17.5. The summed E-state index contributed by atoms with van der Waals surface area (Å²) in [6.45, 7) is 0.558. The van der Waals surface area contributed by atoms with Gasteiger partial charge in [0.2, 0.25) is 23.6 Å². The third-order valence-electron chi connectivity index (χ3n) is 7.75. The molecule has 134 valence electrons. The number of imide groups is 2. The largest absolute Gasteiger partial charge is 0.285 e. The first-order valence-electron chi connectivity index (χ1n) is 9.62. The molecule has 0 spiro atoms. The van der Waals surface area contributed by atoms with Crippen LogP contribution in [0.5, 0.6) is 0 Å². The molecule has 6 nitrogen and oxygen atoms in total. The van der Waals surface area contributed by atoms with Gasteiger partial charge in [-0.1, -0.05) is 6.42 Å². The first kappa shape index (κ1) is 15.5. The third-order valence-corrected chi connectivity index (χ3v) is 7.75. The average Bonchev–Trinajstić information content (AvgIpc) is 3.33. The van der Waals surface area contributed by atoms with Gasteiger partial charge in [-0.3, -0.25) is 29.0 Å². The van der Waals surface area contributed by atoms with Crippen molar-refractivity contribution in [2.45, 2.75) is 38.5 Å². The lowest BCUT2D eigenvalue weighted by Gasteiger charge is -2.28. The van der Waals surface area contributed by atoms with Crippen LogP contribution in [0, 0.1) is 41.4 Å². The summed E-state index contributed by atoms with van der Waals surface area (Å²) in [5.41, 5.74) is 0. The summed E-state index contributed by atoms with van der Waals surface area (Å²) in [5.74, 6) is -0.222. The molecule has 3 saturated carbocycles. The molecule has 5 fully saturated rings. The van der Waals surface area contributed by atoms with E-state index in [0.717, 1.165) is 12.3 Å². The fourth-order valence-electron chi connectivity index (χ4n) is 6.43. The summed E-state index contributed by atoms with van der Waals surface area (Å²) in [6, 6.07) is 0. The van der Waals surface area contributed by atoms with Crippen LogP contribution in [0.15, 0.2) is 0 Å². The van der Waals surface area contributed by atoms with Crippen molar-refractivity contribution in [3.05, 3.63) is 0 Å². The molecule has 0 aromatic carbocycles. The Morgan fingerprint density at radius 1 is 0.760 bits per heavy atom. The Bertz CT molecular complexity index is 647. The van der Waals surface area contributed by atoms with Gasteiger partial charge in [0.1, 0.15) is 0 Å². The van der Waals surface area contributed by atoms with E-state index >= 15 is 0 Å². The molecule has 4 amide bonds. The zero-order valence-electron chi connectivity index (χ0n) is 14.5. The molecule has 7 unspecified atom stereocenters. The second-order valence-electron chi connectivity index (χ2n) is 8.85. The van der Waals surface area contributed by atoms with Gasteiger partial charge in [-0.2, -0.15) is 0 Å². The van der Waals surface area contributed by atoms with Gasteiger partial charge in [-0.25, -0.2) is 0 Å². The summed E-state index contributed by atoms with van der Waals surface area (Å²) in [4.78, 5) is 53.0. The van der Waals surface area contributed by atoms with Crippen LogP contribution in [0.2, 0.25) is 0 Å². The van der Waals surface area contributed by atoms with Gasteiger partial charge < -0.3 is 0 Å². The van der Waals surface area contributed by atoms with E-state index < -0.39 is 23.7 Å². The molecular weight excluding hydrogens is 320 g/mol. The van der Waals surface area contributed by atoms with E-state index in [0.29, 0.717) is 31.2 Å². The maximum Gasteiger partial charge on any atom is 0.233 e. The average molecular weight is 344 g/mol. The molecule has 5 rings (SSSR count). The summed E-state index contributed by atoms with van der Waals surface area (Å²) >= 11 is 0. The number of likely N-dealkylation sites (tertiary alicyclic amines) is 2. The minimum absolute atomic E-state index is 0.0916. The molecule has 7 atom stereocenters. The Morgan fingerprint density at radius 2 is 1.32 bits per heavy atom. The molecule has 25 heavy (non-hydrogen) atoms. The molecule has 0 N–H and O–H groups in total. The lowest BCUT2D eigenvalue weighted by Crippen LogP contribution is -2.37. The van der Waals surface area contributed by atoms with Gasteiger partial charge in [-0.15, -0.1) is 0 Å². The third kappa shape index (κ3) is 2.02. The minimum Gasteiger partial charge on any atom is -0.285 e. The van der Waals surface area contributed by atoms with Crippen molar-refractivity contribution in [2.24, 2.45) is 41.4 Å². The quantitative estimate of drug-likeness (QED) is 0.702. The van der Waals surface area contributed by atoms with Crippen molar-refractivity contribution >= 4 is 23.6 Å². The first-order chi connectivity index (χ1) is 12.0. The van der Waals surface area contributed by atoms with Crippen LogP contribution >= 0.6 is 0 Å². The molecule has 3 aliphatic carbocycles. The van der Waals surface area contributed by atoms with Crippen LogP contribution in [0.1, 0.15) is 38.5 Å². The number of carbonyl (C=O) groups is 4. The maximum atomic E-state index is 12.9. The molecule has 0 aromatic heterocycles. The summed E-state index contributed by atoms with van der Waals surface area (Å²) in [6.07, 6.45) is 5.66. The lowest BCUT2D eigenvalue weighted by molar-refractivity contribution is -0.141. The van der Waals surface area contributed by atoms with Crippen LogP contribution in [-0.4, -0.2) is 47.0 Å². The topological polar surface area (TPSA) is 74.8 Å². The Morgan fingerprint density at radius 3 is 1.80 bits per heavy atom. The number of carbonyl (C=O) groups excluding carboxylic acids is 4. The highest BCUT2D eigenvalue weighted by molar-refractivity contribution is 6.09. The smallest absolute Gasteiger partial charge is 0.233 e. The van der Waals surface area contributed by atoms with Crippen molar-refractivity contribution in [1.29, 1.82) is 0 Å². The van der Waals surface area contributed by atoms with E-state index in [1.807, 2.05) is 0 Å². The van der Waals surface area contributed by atoms with Crippen molar-refractivity contribution in [3.63, 3.8) is 0 Å². The van der Waals surface area contributed by atoms with Gasteiger partial charge in [0, 0.05) is 13.6 Å². The van der Waals surface area contributed by atoms with Crippen LogP contribution in [-0.2, 0) is 19.2 Å². The monoisotopic (exact) mass is 344 g/mol. The predicted octanol–water partition coefficient (Wildman–Crippen LogP) is 1.05. The van der Waals surface area contributed by atoms with Gasteiger partial charge >= 0.3 is 0 Å². The number of hydrogen-bond acceptors (Lipinski definition) is 4. The molecule has 0 radical (unpaired) electrons. The van der Waals surface area contributed by atoms with Crippen LogP contribution in [0.4, 0.5) is 0 Å². The molecular formula is C19H24N2O4. The van der Waals surface area contributed by atoms with Crippen molar-refractivity contribution in [2.75, 3.05) is 13.6 Å². The Balaban J connectivity index is 1.35. The normalized spacial score (nSPS) is 45.6. The second-order valence-corrected chi connectivity index (χ2v) is 8.85. The van der Waals surface area contributed by atoms with E-state index in [-0.39, 0.29) is 23.6 Å². The number of amides is 4. The molecule has 0 aromatic rings. The molecule has 2 bridgehead atoms. The van der Waals surface area contributed by atoms with Crippen LogP contribution in [0.3, 0.4) is 0 Å². The molecule has 2 aliphatic heterocycles. The van der Waals surface area contributed by atoms with Gasteiger partial charge in [-0.05, 0) is 49.9 Å². The highest BCUT2D eigenvalue weighted by atomic mass is 16.2. The Hall–Kier alpha value is -1.72. The standard InChI is InChI=1S/C19H24N2O4/c1-20-16(22)12-6-14-15(7-13(12)17(20)23)19(25)21(18(14)24)8-11-5-9-2-3-10(11)4-9/h9-15H,2-8H2,1H3. The van der Waals surface area contributed by atoms with E-state index in [2.05, 4.69) is 0 Å². The van der Waals surface area contributed by atoms with Crippen molar-refractivity contribution in [3.8, 4) is 0 Å². The summed E-state index contributed by atoms with van der Waals surface area (Å²) < 4.78 is 0. The van der Waals surface area contributed by atoms with E-state index in [1.165, 1.54) is 36.1 Å². The number of rotatable bonds is 2. The SMILES string of the molecule is CN1C(=O)C2CC3C(=O)N(CC4CC5CCC4C5)C(=O)C3CC2C1=O. The van der Waals surface area contributed by atoms with E-state index in [1.54, 1.807) is 0 Å². The van der Waals surface area contributed by atoms with Crippen molar-refractivity contribution < 1.29 is 19.2 Å².